The van der Waals surface area contributed by atoms with Crippen molar-refractivity contribution in [1.82, 2.24) is 14.8 Å². The minimum atomic E-state index is -0.678. The van der Waals surface area contributed by atoms with Gasteiger partial charge in [0.1, 0.15) is 5.82 Å². The van der Waals surface area contributed by atoms with Crippen LogP contribution in [0.25, 0.3) is 22.9 Å². The van der Waals surface area contributed by atoms with Crippen molar-refractivity contribution in [3.8, 4) is 0 Å². The monoisotopic (exact) mass is 395 g/mol. The lowest BCUT2D eigenvalue weighted by Crippen LogP contribution is -2.27. The molecule has 0 bridgehead atoms. The molecule has 29 heavy (non-hydrogen) atoms. The molecule has 6 heteroatoms. The minimum Gasteiger partial charge on any atom is -0.355 e. The van der Waals surface area contributed by atoms with Crippen molar-refractivity contribution in [2.24, 2.45) is 0 Å². The quantitative estimate of drug-likeness (QED) is 0.715. The predicted molar refractivity (Wildman–Crippen MR) is 112 cm³/mol. The van der Waals surface area contributed by atoms with Crippen molar-refractivity contribution in [2.75, 3.05) is 20.6 Å². The second kappa shape index (κ2) is 7.44. The zero-order valence-corrected chi connectivity index (χ0v) is 16.7. The van der Waals surface area contributed by atoms with Crippen LogP contribution in [0.15, 0.2) is 36.4 Å². The SMILES string of the molecule is CNC(=O)c1ccc(C=C(F)n2c3c(c4cc(C)ccc42)CN(C)CC3)cc1F. The van der Waals surface area contributed by atoms with Crippen molar-refractivity contribution in [2.45, 2.75) is 19.9 Å². The number of amides is 1. The molecular weight excluding hydrogens is 372 g/mol. The molecule has 1 N–H and O–H groups in total. The molecule has 0 atom stereocenters. The van der Waals surface area contributed by atoms with Crippen LogP contribution in [-0.2, 0) is 13.0 Å². The molecule has 4 nitrogen and oxygen atoms in total. The van der Waals surface area contributed by atoms with E-state index in [-0.39, 0.29) is 5.56 Å². The first-order valence-corrected chi connectivity index (χ1v) is 9.59. The number of rotatable bonds is 3. The number of aromatic nitrogens is 1. The van der Waals surface area contributed by atoms with Gasteiger partial charge in [-0.05, 0) is 55.4 Å². The van der Waals surface area contributed by atoms with Crippen LogP contribution in [0.2, 0.25) is 0 Å². The third-order valence-corrected chi connectivity index (χ3v) is 5.46. The second-order valence-electron chi connectivity index (χ2n) is 7.55. The van der Waals surface area contributed by atoms with Gasteiger partial charge in [0.05, 0.1) is 11.1 Å². The van der Waals surface area contributed by atoms with Gasteiger partial charge in [-0.3, -0.25) is 9.36 Å². The van der Waals surface area contributed by atoms with Crippen LogP contribution in [0.1, 0.15) is 32.7 Å². The van der Waals surface area contributed by atoms with Gasteiger partial charge in [0, 0.05) is 37.6 Å². The predicted octanol–water partition coefficient (Wildman–Crippen LogP) is 4.36. The third-order valence-electron chi connectivity index (χ3n) is 5.46. The number of fused-ring (bicyclic) bond motifs is 3. The number of aryl methyl sites for hydroxylation is 1. The Morgan fingerprint density at radius 2 is 2.00 bits per heavy atom. The van der Waals surface area contributed by atoms with E-state index in [1.165, 1.54) is 25.3 Å². The highest BCUT2D eigenvalue weighted by Gasteiger charge is 2.24. The number of carbonyl (C=O) groups excluding carboxylic acids is 1. The van der Waals surface area contributed by atoms with Crippen LogP contribution in [0.5, 0.6) is 0 Å². The molecule has 0 aliphatic carbocycles. The first-order chi connectivity index (χ1) is 13.9. The van der Waals surface area contributed by atoms with Crippen LogP contribution in [0.4, 0.5) is 8.78 Å². The summed E-state index contributed by atoms with van der Waals surface area (Å²) >= 11 is 0. The molecule has 1 aliphatic heterocycles. The number of nitrogens with zero attached hydrogens (tertiary/aromatic N) is 2. The van der Waals surface area contributed by atoms with Crippen LogP contribution < -0.4 is 5.32 Å². The summed E-state index contributed by atoms with van der Waals surface area (Å²) in [5.41, 5.74) is 4.34. The Morgan fingerprint density at radius 1 is 1.21 bits per heavy atom. The maximum Gasteiger partial charge on any atom is 0.253 e. The molecule has 1 amide bonds. The summed E-state index contributed by atoms with van der Waals surface area (Å²) in [7, 11) is 3.50. The fourth-order valence-corrected chi connectivity index (χ4v) is 3.99. The molecule has 0 saturated carbocycles. The average molecular weight is 395 g/mol. The molecule has 4 rings (SSSR count). The summed E-state index contributed by atoms with van der Waals surface area (Å²) in [4.78, 5) is 13.9. The highest BCUT2D eigenvalue weighted by molar-refractivity contribution is 5.95. The number of benzene rings is 2. The Labute approximate surface area is 168 Å². The fourth-order valence-electron chi connectivity index (χ4n) is 3.99. The van der Waals surface area contributed by atoms with Crippen LogP contribution in [0.3, 0.4) is 0 Å². The number of halogens is 2. The Bertz CT molecular complexity index is 1150. The van der Waals surface area contributed by atoms with Crippen LogP contribution >= 0.6 is 0 Å². The molecule has 1 aromatic heterocycles. The Balaban J connectivity index is 1.83. The lowest BCUT2D eigenvalue weighted by Gasteiger charge is -2.23. The molecule has 150 valence electrons. The van der Waals surface area contributed by atoms with Crippen molar-refractivity contribution in [3.63, 3.8) is 0 Å². The maximum absolute atomic E-state index is 15.4. The summed E-state index contributed by atoms with van der Waals surface area (Å²) < 4.78 is 31.3. The molecule has 0 spiro atoms. The number of hydrogen-bond acceptors (Lipinski definition) is 2. The van der Waals surface area contributed by atoms with Gasteiger partial charge in [0.25, 0.3) is 5.91 Å². The number of hydrogen-bond donors (Lipinski definition) is 1. The normalized spacial score (nSPS) is 14.9. The highest BCUT2D eigenvalue weighted by atomic mass is 19.1. The fraction of sp³-hybridized carbons (Fsp3) is 0.261. The van der Waals surface area contributed by atoms with Crippen LogP contribution in [-0.4, -0.2) is 36.0 Å². The third kappa shape index (κ3) is 3.44. The van der Waals surface area contributed by atoms with Gasteiger partial charge in [-0.15, -0.1) is 0 Å². The number of nitrogens with one attached hydrogen (secondary N) is 1. The van der Waals surface area contributed by atoms with Gasteiger partial charge >= 0.3 is 0 Å². The Morgan fingerprint density at radius 3 is 2.72 bits per heavy atom. The summed E-state index contributed by atoms with van der Waals surface area (Å²) in [6, 6.07) is 10.1. The molecule has 0 unspecified atom stereocenters. The molecule has 0 saturated heterocycles. The van der Waals surface area contributed by atoms with E-state index >= 15 is 4.39 Å². The van der Waals surface area contributed by atoms with Gasteiger partial charge in [-0.2, -0.15) is 4.39 Å². The molecule has 0 radical (unpaired) electrons. The molecule has 2 heterocycles. The lowest BCUT2D eigenvalue weighted by molar-refractivity contribution is 0.0959. The van der Waals surface area contributed by atoms with E-state index in [0.29, 0.717) is 5.56 Å². The summed E-state index contributed by atoms with van der Waals surface area (Å²) in [6.45, 7) is 3.65. The van der Waals surface area contributed by atoms with Gasteiger partial charge in [-0.1, -0.05) is 17.7 Å². The zero-order valence-electron chi connectivity index (χ0n) is 16.7. The van der Waals surface area contributed by atoms with E-state index in [1.807, 2.05) is 19.1 Å². The largest absolute Gasteiger partial charge is 0.355 e. The van der Waals surface area contributed by atoms with E-state index in [0.717, 1.165) is 47.2 Å². The van der Waals surface area contributed by atoms with Gasteiger partial charge in [-0.25, -0.2) is 4.39 Å². The molecule has 1 aliphatic rings. The first-order valence-electron chi connectivity index (χ1n) is 9.59. The van der Waals surface area contributed by atoms with Crippen molar-refractivity contribution in [1.29, 1.82) is 0 Å². The topological polar surface area (TPSA) is 37.3 Å². The standard InChI is InChI=1S/C23H23F2N3O/c1-14-4-7-20-17(10-14)18-13-27(3)9-8-21(18)28(20)22(25)12-15-5-6-16(19(24)11-15)23(29)26-2/h4-7,10-12H,8-9,13H2,1-3H3,(H,26,29). The van der Waals surface area contributed by atoms with Crippen molar-refractivity contribution < 1.29 is 13.6 Å². The second-order valence-corrected chi connectivity index (χ2v) is 7.55. The average Bonchev–Trinajstić information content (AvgIpc) is 3.00. The van der Waals surface area contributed by atoms with Crippen LogP contribution in [0, 0.1) is 12.7 Å². The van der Waals surface area contributed by atoms with Crippen molar-refractivity contribution >= 4 is 28.8 Å². The Kier molecular flexibility index (Phi) is 4.96. The van der Waals surface area contributed by atoms with Gasteiger partial charge in [0.2, 0.25) is 0 Å². The molecule has 0 fully saturated rings. The number of carbonyl (C=O) groups is 1. The van der Waals surface area contributed by atoms with E-state index < -0.39 is 17.7 Å². The van der Waals surface area contributed by atoms with E-state index in [1.54, 1.807) is 10.6 Å². The van der Waals surface area contributed by atoms with Crippen molar-refractivity contribution in [3.05, 3.63) is 70.2 Å². The molecular formula is C23H23F2N3O. The molecule has 2 aromatic carbocycles. The Hall–Kier alpha value is -2.99. The smallest absolute Gasteiger partial charge is 0.253 e. The highest BCUT2D eigenvalue weighted by Crippen LogP contribution is 2.34. The summed E-state index contributed by atoms with van der Waals surface area (Å²) in [6.07, 6.45) is 2.05. The van der Waals surface area contributed by atoms with E-state index in [9.17, 15) is 9.18 Å². The van der Waals surface area contributed by atoms with Gasteiger partial charge in [0.15, 0.2) is 5.95 Å². The minimum absolute atomic E-state index is 0.0626. The summed E-state index contributed by atoms with van der Waals surface area (Å²) in [5.74, 6) is -1.65. The molecule has 3 aromatic rings. The number of likely N-dealkylation sites (N-methyl/N-ethyl adjacent to an activating group) is 1. The van der Waals surface area contributed by atoms with E-state index in [4.69, 9.17) is 0 Å². The van der Waals surface area contributed by atoms with E-state index in [2.05, 4.69) is 23.3 Å². The zero-order chi connectivity index (χ0) is 20.7. The first kappa shape index (κ1) is 19.3. The summed E-state index contributed by atoms with van der Waals surface area (Å²) in [5, 5.41) is 3.44. The maximum atomic E-state index is 15.4. The lowest BCUT2D eigenvalue weighted by atomic mass is 10.0. The van der Waals surface area contributed by atoms with Gasteiger partial charge < -0.3 is 10.2 Å².